The molecule has 1 aliphatic rings. The molecule has 224 valence electrons. The van der Waals surface area contributed by atoms with E-state index in [1.54, 1.807) is 37.3 Å². The lowest BCUT2D eigenvalue weighted by Crippen LogP contribution is -2.52. The summed E-state index contributed by atoms with van der Waals surface area (Å²) < 4.78 is 53.5. The third-order valence-electron chi connectivity index (χ3n) is 7.40. The van der Waals surface area contributed by atoms with Gasteiger partial charge in [0, 0.05) is 18.7 Å². The molecule has 3 aromatic rings. The predicted octanol–water partition coefficient (Wildman–Crippen LogP) is 4.51. The maximum atomic E-state index is 14.1. The van der Waals surface area contributed by atoms with E-state index in [1.807, 2.05) is 0 Å². The number of hydrogen-bond acceptors (Lipinski definition) is 6. The molecule has 11 heteroatoms. The van der Waals surface area contributed by atoms with Crippen molar-refractivity contribution >= 4 is 27.5 Å². The first-order chi connectivity index (χ1) is 20.1. The maximum absolute atomic E-state index is 14.1. The van der Waals surface area contributed by atoms with Crippen LogP contribution >= 0.6 is 0 Å². The number of anilines is 1. The van der Waals surface area contributed by atoms with Gasteiger partial charge in [0.05, 0.1) is 24.8 Å². The second kappa shape index (κ2) is 13.7. The Morgan fingerprint density at radius 3 is 2.26 bits per heavy atom. The summed E-state index contributed by atoms with van der Waals surface area (Å²) in [5, 5.41) is 3.02. The largest absolute Gasteiger partial charge is 0.497 e. The highest BCUT2D eigenvalue weighted by atomic mass is 32.2. The molecular weight excluding hydrogens is 561 g/mol. The number of ether oxygens (including phenoxy) is 2. The van der Waals surface area contributed by atoms with Gasteiger partial charge in [0.1, 0.15) is 29.9 Å². The lowest BCUT2D eigenvalue weighted by atomic mass is 10.1. The molecule has 1 aliphatic carbocycles. The van der Waals surface area contributed by atoms with Crippen LogP contribution in [0.4, 0.5) is 10.1 Å². The summed E-state index contributed by atoms with van der Waals surface area (Å²) in [6.45, 7) is 0.934. The number of carbonyl (C=O) groups is 2. The number of benzene rings is 3. The highest BCUT2D eigenvalue weighted by Gasteiger charge is 2.34. The number of carbonyl (C=O) groups excluding carboxylic acids is 2. The lowest BCUT2D eigenvalue weighted by molar-refractivity contribution is -0.139. The minimum atomic E-state index is -4.28. The highest BCUT2D eigenvalue weighted by Crippen LogP contribution is 2.36. The van der Waals surface area contributed by atoms with E-state index in [9.17, 15) is 22.4 Å². The SMILES string of the molecule is COc1ccc(OC)c(N(CC(=O)N(Cc2ccc(F)cc2)[C@H](C)C(=O)NC2CCCC2)S(=O)(=O)c2ccccc2)c1. The number of nitrogens with one attached hydrogen (secondary N) is 1. The van der Waals surface area contributed by atoms with Gasteiger partial charge < -0.3 is 19.7 Å². The standard InChI is InChI=1S/C31H36FN3O6S/c1-22(31(37)33-25-9-7-8-10-25)34(20-23-13-15-24(32)16-14-23)30(36)21-35(42(38,39)27-11-5-4-6-12-27)28-19-26(40-2)17-18-29(28)41-3/h4-6,11-19,22,25H,7-10,20-21H2,1-3H3,(H,33,37)/t22-/m1/s1. The first kappa shape index (κ1) is 30.8. The van der Waals surface area contributed by atoms with Crippen molar-refractivity contribution in [2.24, 2.45) is 0 Å². The summed E-state index contributed by atoms with van der Waals surface area (Å²) in [6.07, 6.45) is 3.77. The van der Waals surface area contributed by atoms with E-state index < -0.39 is 34.3 Å². The van der Waals surface area contributed by atoms with Crippen molar-refractivity contribution in [1.82, 2.24) is 10.2 Å². The van der Waals surface area contributed by atoms with Crippen LogP contribution in [0.1, 0.15) is 38.2 Å². The van der Waals surface area contributed by atoms with Crippen LogP contribution < -0.4 is 19.1 Å². The Morgan fingerprint density at radius 2 is 1.64 bits per heavy atom. The van der Waals surface area contributed by atoms with E-state index in [4.69, 9.17) is 9.47 Å². The normalized spacial score (nSPS) is 14.2. The topological polar surface area (TPSA) is 105 Å². The van der Waals surface area contributed by atoms with Gasteiger partial charge in [-0.15, -0.1) is 0 Å². The number of amides is 2. The summed E-state index contributed by atoms with van der Waals surface area (Å²) in [6, 6.07) is 17.1. The summed E-state index contributed by atoms with van der Waals surface area (Å²) in [7, 11) is -1.44. The van der Waals surface area contributed by atoms with Crippen LogP contribution in [0.3, 0.4) is 0 Å². The number of hydrogen-bond donors (Lipinski definition) is 1. The molecule has 1 N–H and O–H groups in total. The van der Waals surface area contributed by atoms with Crippen LogP contribution in [0, 0.1) is 5.82 Å². The van der Waals surface area contributed by atoms with Crippen molar-refractivity contribution in [3.05, 3.63) is 84.2 Å². The first-order valence-corrected chi connectivity index (χ1v) is 15.2. The van der Waals surface area contributed by atoms with E-state index in [0.717, 1.165) is 30.0 Å². The lowest BCUT2D eigenvalue weighted by Gasteiger charge is -2.33. The molecule has 0 aromatic heterocycles. The van der Waals surface area contributed by atoms with Gasteiger partial charge >= 0.3 is 0 Å². The summed E-state index contributed by atoms with van der Waals surface area (Å²) in [5.74, 6) is -0.834. The molecule has 0 aliphatic heterocycles. The Balaban J connectivity index is 1.74. The van der Waals surface area contributed by atoms with Gasteiger partial charge in [0.15, 0.2) is 0 Å². The van der Waals surface area contributed by atoms with Gasteiger partial charge in [-0.2, -0.15) is 0 Å². The van der Waals surface area contributed by atoms with E-state index in [0.29, 0.717) is 11.3 Å². The summed E-state index contributed by atoms with van der Waals surface area (Å²) in [4.78, 5) is 28.7. The fourth-order valence-electron chi connectivity index (χ4n) is 4.99. The molecule has 9 nitrogen and oxygen atoms in total. The molecule has 0 heterocycles. The zero-order valence-electron chi connectivity index (χ0n) is 24.0. The number of nitrogens with zero attached hydrogens (tertiary/aromatic N) is 2. The van der Waals surface area contributed by atoms with Gasteiger partial charge in [-0.25, -0.2) is 12.8 Å². The first-order valence-electron chi connectivity index (χ1n) is 13.8. The molecule has 42 heavy (non-hydrogen) atoms. The van der Waals surface area contributed by atoms with Crippen LogP contribution in [0.5, 0.6) is 11.5 Å². The predicted molar refractivity (Wildman–Crippen MR) is 157 cm³/mol. The van der Waals surface area contributed by atoms with Crippen molar-refractivity contribution in [1.29, 1.82) is 0 Å². The number of methoxy groups -OCH3 is 2. The van der Waals surface area contributed by atoms with Crippen LogP contribution in [-0.4, -0.2) is 58.0 Å². The Labute approximate surface area is 246 Å². The maximum Gasteiger partial charge on any atom is 0.264 e. The Bertz CT molecular complexity index is 1480. The zero-order valence-corrected chi connectivity index (χ0v) is 24.8. The zero-order chi connectivity index (χ0) is 30.3. The quantitative estimate of drug-likeness (QED) is 0.329. The fourth-order valence-corrected chi connectivity index (χ4v) is 6.42. The van der Waals surface area contributed by atoms with Crippen LogP contribution in [0.2, 0.25) is 0 Å². The Morgan fingerprint density at radius 1 is 0.976 bits per heavy atom. The van der Waals surface area contributed by atoms with Crippen LogP contribution in [0.15, 0.2) is 77.7 Å². The third kappa shape index (κ3) is 7.20. The molecular formula is C31H36FN3O6S. The molecule has 0 radical (unpaired) electrons. The minimum absolute atomic E-state index is 0.0266. The molecule has 3 aromatic carbocycles. The third-order valence-corrected chi connectivity index (χ3v) is 9.17. The van der Waals surface area contributed by atoms with Crippen molar-refractivity contribution in [2.75, 3.05) is 25.1 Å². The fraction of sp³-hybridized carbons (Fsp3) is 0.355. The molecule has 0 spiro atoms. The molecule has 1 fully saturated rings. The summed E-state index contributed by atoms with van der Waals surface area (Å²) >= 11 is 0. The van der Waals surface area contributed by atoms with Gasteiger partial charge in [0.2, 0.25) is 11.8 Å². The Kier molecular flexibility index (Phi) is 10.1. The number of halogens is 1. The molecule has 2 amide bonds. The van der Waals surface area contributed by atoms with E-state index >= 15 is 0 Å². The summed E-state index contributed by atoms with van der Waals surface area (Å²) in [5.41, 5.74) is 0.681. The van der Waals surface area contributed by atoms with Crippen molar-refractivity contribution in [3.63, 3.8) is 0 Å². The monoisotopic (exact) mass is 597 g/mol. The second-order valence-electron chi connectivity index (χ2n) is 10.2. The van der Waals surface area contributed by atoms with Gasteiger partial charge in [-0.1, -0.05) is 43.2 Å². The number of sulfonamides is 1. The van der Waals surface area contributed by atoms with Gasteiger partial charge in [-0.05, 0) is 61.7 Å². The van der Waals surface area contributed by atoms with E-state index in [2.05, 4.69) is 5.32 Å². The van der Waals surface area contributed by atoms with Gasteiger partial charge in [-0.3, -0.25) is 13.9 Å². The average molecular weight is 598 g/mol. The van der Waals surface area contributed by atoms with Crippen LogP contribution in [-0.2, 0) is 26.2 Å². The second-order valence-corrected chi connectivity index (χ2v) is 12.0. The van der Waals surface area contributed by atoms with Crippen molar-refractivity contribution in [2.45, 2.75) is 56.1 Å². The molecule has 1 atom stereocenters. The molecule has 1 saturated carbocycles. The molecule has 0 unspecified atom stereocenters. The molecule has 0 bridgehead atoms. The average Bonchev–Trinajstić information content (AvgIpc) is 3.52. The smallest absolute Gasteiger partial charge is 0.264 e. The van der Waals surface area contributed by atoms with Crippen molar-refractivity contribution in [3.8, 4) is 11.5 Å². The van der Waals surface area contributed by atoms with E-state index in [-0.39, 0.29) is 34.8 Å². The molecule has 0 saturated heterocycles. The van der Waals surface area contributed by atoms with Crippen molar-refractivity contribution < 1.29 is 31.9 Å². The Hall–Kier alpha value is -4.12. The van der Waals surface area contributed by atoms with E-state index in [1.165, 1.54) is 61.6 Å². The minimum Gasteiger partial charge on any atom is -0.497 e. The highest BCUT2D eigenvalue weighted by molar-refractivity contribution is 7.92. The molecule has 4 rings (SSSR count). The van der Waals surface area contributed by atoms with Crippen LogP contribution in [0.25, 0.3) is 0 Å². The number of rotatable bonds is 12. The van der Waals surface area contributed by atoms with Gasteiger partial charge in [0.25, 0.3) is 10.0 Å².